The predicted molar refractivity (Wildman–Crippen MR) is 190 cm³/mol. The maximum Gasteiger partial charge on any atom is 0.410 e. The van der Waals surface area contributed by atoms with Crippen LogP contribution in [0.25, 0.3) is 33.1 Å². The molecule has 0 saturated carbocycles. The van der Waals surface area contributed by atoms with Gasteiger partial charge >= 0.3 is 6.09 Å². The quantitative estimate of drug-likeness (QED) is 0.202. The average Bonchev–Trinajstić information content (AvgIpc) is 3.53. The number of hydrogen-bond acceptors (Lipinski definition) is 9. The summed E-state index contributed by atoms with van der Waals surface area (Å²) in [6.45, 7) is 1.15. The minimum atomic E-state index is -0.479. The van der Waals surface area contributed by atoms with E-state index >= 15 is 0 Å². The number of nitriles is 1. The zero-order valence-electron chi connectivity index (χ0n) is 27.6. The Morgan fingerprint density at radius 3 is 2.60 bits per heavy atom. The number of aryl methyl sites for hydroxylation is 1. The monoisotopic (exact) mass is 666 g/mol. The number of nitrogens with one attached hydrogen (secondary N) is 1. The van der Waals surface area contributed by atoms with E-state index < -0.39 is 18.0 Å². The summed E-state index contributed by atoms with van der Waals surface area (Å²) < 4.78 is 12.9. The van der Waals surface area contributed by atoms with Gasteiger partial charge in [-0.2, -0.15) is 10.4 Å². The lowest BCUT2D eigenvalue weighted by molar-refractivity contribution is 0.0768. The van der Waals surface area contributed by atoms with Gasteiger partial charge in [0, 0.05) is 55.2 Å². The van der Waals surface area contributed by atoms with Gasteiger partial charge in [0.15, 0.2) is 5.82 Å². The predicted octanol–water partition coefficient (Wildman–Crippen LogP) is 6.19. The zero-order valence-corrected chi connectivity index (χ0v) is 27.6. The van der Waals surface area contributed by atoms with Gasteiger partial charge < -0.3 is 24.6 Å². The third-order valence-corrected chi connectivity index (χ3v) is 8.85. The van der Waals surface area contributed by atoms with Crippen molar-refractivity contribution in [2.45, 2.75) is 19.1 Å². The van der Waals surface area contributed by atoms with E-state index in [4.69, 9.17) is 19.4 Å². The maximum atomic E-state index is 14.0. The largest absolute Gasteiger partial charge is 0.497 e. The van der Waals surface area contributed by atoms with Gasteiger partial charge in [-0.25, -0.2) is 14.8 Å². The minimum absolute atomic E-state index is 0.0995. The van der Waals surface area contributed by atoms with Crippen molar-refractivity contribution in [3.05, 3.63) is 108 Å². The number of ether oxygens (including phenoxy) is 2. The highest BCUT2D eigenvalue weighted by Gasteiger charge is 2.33. The van der Waals surface area contributed by atoms with Crippen LogP contribution in [-0.4, -0.2) is 69.4 Å². The van der Waals surface area contributed by atoms with Crippen molar-refractivity contribution in [1.29, 1.82) is 5.26 Å². The Kier molecular flexibility index (Phi) is 8.94. The second-order valence-corrected chi connectivity index (χ2v) is 12.0. The Bertz CT molecular complexity index is 2250. The summed E-state index contributed by atoms with van der Waals surface area (Å²) in [6, 6.07) is 30.1. The molecule has 7 rings (SSSR count). The van der Waals surface area contributed by atoms with E-state index in [1.165, 1.54) is 0 Å². The second kappa shape index (κ2) is 13.9. The molecule has 1 aliphatic rings. The van der Waals surface area contributed by atoms with Crippen molar-refractivity contribution in [3.63, 3.8) is 0 Å². The van der Waals surface area contributed by atoms with Crippen LogP contribution < -0.4 is 15.0 Å². The summed E-state index contributed by atoms with van der Waals surface area (Å²) in [4.78, 5) is 40.4. The lowest BCUT2D eigenvalue weighted by atomic mass is 10.1. The number of hydrogen-bond donors (Lipinski definition) is 1. The summed E-state index contributed by atoms with van der Waals surface area (Å²) in [5, 5.41) is 19.8. The topological polar surface area (TPSA) is 138 Å². The molecule has 1 atom stereocenters. The molecule has 6 aromatic rings. The molecule has 250 valence electrons. The fraction of sp³-hybridized carbons (Fsp3) is 0.211. The summed E-state index contributed by atoms with van der Waals surface area (Å²) in [7, 11) is 3.44. The fourth-order valence-corrected chi connectivity index (χ4v) is 6.20. The summed E-state index contributed by atoms with van der Waals surface area (Å²) in [5.41, 5.74) is 3.22. The van der Waals surface area contributed by atoms with Gasteiger partial charge in [0.05, 0.1) is 43.0 Å². The first-order chi connectivity index (χ1) is 24.4. The Morgan fingerprint density at radius 2 is 1.78 bits per heavy atom. The molecule has 2 aromatic heterocycles. The second-order valence-electron chi connectivity index (χ2n) is 12.0. The molecule has 1 saturated heterocycles. The average molecular weight is 667 g/mol. The number of methoxy groups -OCH3 is 1. The molecule has 1 aliphatic heterocycles. The first-order valence-corrected chi connectivity index (χ1v) is 16.2. The summed E-state index contributed by atoms with van der Waals surface area (Å²) >= 11 is 0. The van der Waals surface area contributed by atoms with E-state index in [0.717, 1.165) is 27.2 Å². The first-order valence-electron chi connectivity index (χ1n) is 16.2. The van der Waals surface area contributed by atoms with Crippen molar-refractivity contribution >= 4 is 45.2 Å². The van der Waals surface area contributed by atoms with Gasteiger partial charge in [-0.3, -0.25) is 9.48 Å². The highest BCUT2D eigenvalue weighted by Crippen LogP contribution is 2.31. The van der Waals surface area contributed by atoms with Crippen LogP contribution in [0.15, 0.2) is 97.2 Å². The number of piperazine rings is 1. The molecule has 50 heavy (non-hydrogen) atoms. The van der Waals surface area contributed by atoms with E-state index in [1.54, 1.807) is 35.0 Å². The molecular formula is C38H34N8O4. The molecule has 0 bridgehead atoms. The van der Waals surface area contributed by atoms with Crippen molar-refractivity contribution < 1.29 is 19.1 Å². The molecule has 1 N–H and O–H groups in total. The minimum Gasteiger partial charge on any atom is -0.497 e. The number of nitrogens with zero attached hydrogens (tertiary/aromatic N) is 7. The number of carbonyl (C=O) groups is 2. The number of rotatable bonds is 8. The molecule has 0 radical (unpaired) electrons. The number of fused-ring (bicyclic) bond motifs is 2. The SMILES string of the molecule is COc1cc(NC(=O)c2cc(N3CCN(C(=O)OCc4ccccc4)[C@@H](CC#N)C3)nc(-c3ccc4cnn(C)c4c3)n2)c2ccccc2c1. The van der Waals surface area contributed by atoms with Gasteiger partial charge in [-0.15, -0.1) is 0 Å². The van der Waals surface area contributed by atoms with E-state index in [0.29, 0.717) is 48.3 Å². The Morgan fingerprint density at radius 1 is 0.960 bits per heavy atom. The van der Waals surface area contributed by atoms with Crippen molar-refractivity contribution in [1.82, 2.24) is 24.6 Å². The zero-order chi connectivity index (χ0) is 34.6. The maximum absolute atomic E-state index is 14.0. The Balaban J connectivity index is 1.21. The smallest absolute Gasteiger partial charge is 0.410 e. The lowest BCUT2D eigenvalue weighted by Gasteiger charge is -2.40. The van der Waals surface area contributed by atoms with Crippen LogP contribution in [0.3, 0.4) is 0 Å². The molecule has 4 aromatic carbocycles. The van der Waals surface area contributed by atoms with Crippen molar-refractivity contribution in [3.8, 4) is 23.2 Å². The van der Waals surface area contributed by atoms with E-state index in [2.05, 4.69) is 16.5 Å². The number of aromatic nitrogens is 4. The highest BCUT2D eigenvalue weighted by atomic mass is 16.6. The third-order valence-electron chi connectivity index (χ3n) is 8.85. The molecule has 12 nitrogen and oxygen atoms in total. The van der Waals surface area contributed by atoms with E-state index in [9.17, 15) is 14.9 Å². The number of benzene rings is 4. The van der Waals surface area contributed by atoms with Gasteiger partial charge in [0.2, 0.25) is 0 Å². The van der Waals surface area contributed by atoms with Crippen LogP contribution in [0.5, 0.6) is 5.75 Å². The van der Waals surface area contributed by atoms with Crippen LogP contribution >= 0.6 is 0 Å². The third kappa shape index (κ3) is 6.61. The van der Waals surface area contributed by atoms with Gasteiger partial charge in [-0.1, -0.05) is 66.7 Å². The van der Waals surface area contributed by atoms with Crippen LogP contribution in [-0.2, 0) is 18.4 Å². The van der Waals surface area contributed by atoms with Crippen LogP contribution in [0.2, 0.25) is 0 Å². The van der Waals surface area contributed by atoms with Crippen LogP contribution in [0.1, 0.15) is 22.5 Å². The van der Waals surface area contributed by atoms with Gasteiger partial charge in [0.25, 0.3) is 5.91 Å². The van der Waals surface area contributed by atoms with Crippen LogP contribution in [0, 0.1) is 11.3 Å². The van der Waals surface area contributed by atoms with Crippen molar-refractivity contribution in [2.75, 3.05) is 37.0 Å². The number of amides is 2. The fourth-order valence-electron chi connectivity index (χ4n) is 6.20. The number of carbonyl (C=O) groups excluding carboxylic acids is 2. The Hall–Kier alpha value is -6.48. The molecule has 0 aliphatic carbocycles. The lowest BCUT2D eigenvalue weighted by Crippen LogP contribution is -2.55. The molecular weight excluding hydrogens is 632 g/mol. The number of anilines is 2. The Labute approximate surface area is 288 Å². The van der Waals surface area contributed by atoms with E-state index in [-0.39, 0.29) is 18.7 Å². The van der Waals surface area contributed by atoms with Crippen LogP contribution in [0.4, 0.5) is 16.3 Å². The van der Waals surface area contributed by atoms with Gasteiger partial charge in [0.1, 0.15) is 23.9 Å². The first kappa shape index (κ1) is 32.1. The van der Waals surface area contributed by atoms with Crippen molar-refractivity contribution in [2.24, 2.45) is 7.05 Å². The molecule has 3 heterocycles. The standard InChI is InChI=1S/C38H34N8O4/c1-44-34-19-27(12-13-28(34)22-40-44)36-41-33(37(47)42-32-20-30(49-2)18-26-10-6-7-11-31(26)32)21-35(43-36)45-16-17-46(29(23-45)14-15-39)38(48)50-24-25-8-4-3-5-9-25/h3-13,18-22,29H,14,16-17,23-24H2,1-2H3,(H,42,47)/t29-/m0/s1. The molecule has 12 heteroatoms. The molecule has 2 amide bonds. The normalized spacial score (nSPS) is 14.4. The molecule has 0 spiro atoms. The molecule has 1 fully saturated rings. The molecule has 0 unspecified atom stereocenters. The summed E-state index contributed by atoms with van der Waals surface area (Å²) in [6.07, 6.45) is 1.41. The van der Waals surface area contributed by atoms with E-state index in [1.807, 2.05) is 90.8 Å². The summed E-state index contributed by atoms with van der Waals surface area (Å²) in [5.74, 6) is 1.04. The van der Waals surface area contributed by atoms with Gasteiger partial charge in [-0.05, 0) is 23.1 Å². The highest BCUT2D eigenvalue weighted by molar-refractivity contribution is 6.09.